The Morgan fingerprint density at radius 1 is 1.29 bits per heavy atom. The van der Waals surface area contributed by atoms with Gasteiger partial charge in [0.15, 0.2) is 0 Å². The molecule has 1 rings (SSSR count). The van der Waals surface area contributed by atoms with E-state index < -0.39 is 12.6 Å². The molecule has 1 aromatic carbocycles. The fourth-order valence-corrected chi connectivity index (χ4v) is 1.65. The van der Waals surface area contributed by atoms with Gasteiger partial charge in [-0.1, -0.05) is 17.9 Å². The van der Waals surface area contributed by atoms with Gasteiger partial charge in [0.25, 0.3) is 0 Å². The molecule has 116 valence electrons. The largest absolute Gasteiger partial charge is 0.495 e. The van der Waals surface area contributed by atoms with E-state index in [9.17, 15) is 13.2 Å². The van der Waals surface area contributed by atoms with Gasteiger partial charge in [-0.05, 0) is 24.1 Å². The summed E-state index contributed by atoms with van der Waals surface area (Å²) >= 11 is 0. The predicted molar refractivity (Wildman–Crippen MR) is 73.9 cm³/mol. The van der Waals surface area contributed by atoms with Crippen LogP contribution in [-0.2, 0) is 11.3 Å². The molecule has 0 aliphatic rings. The van der Waals surface area contributed by atoms with E-state index in [-0.39, 0.29) is 26.2 Å². The van der Waals surface area contributed by atoms with Crippen LogP contribution in [0.1, 0.15) is 24.0 Å². The molecule has 0 aromatic heterocycles. The van der Waals surface area contributed by atoms with Crippen LogP contribution in [-0.4, -0.2) is 26.4 Å². The van der Waals surface area contributed by atoms with Gasteiger partial charge in [-0.15, -0.1) is 0 Å². The smallest absolute Gasteiger partial charge is 0.389 e. The Bertz CT molecular complexity index is 504. The van der Waals surface area contributed by atoms with Crippen LogP contribution in [0.25, 0.3) is 0 Å². The molecule has 0 aliphatic heterocycles. The molecule has 0 radical (unpaired) electrons. The van der Waals surface area contributed by atoms with Gasteiger partial charge in [-0.25, -0.2) is 0 Å². The van der Waals surface area contributed by atoms with E-state index in [1.165, 1.54) is 7.11 Å². The molecule has 0 spiro atoms. The van der Waals surface area contributed by atoms with Gasteiger partial charge in [0.05, 0.1) is 25.8 Å². The minimum atomic E-state index is -4.13. The summed E-state index contributed by atoms with van der Waals surface area (Å²) in [6.45, 7) is 0.538. The first-order valence-electron chi connectivity index (χ1n) is 6.46. The van der Waals surface area contributed by atoms with Crippen molar-refractivity contribution in [2.75, 3.05) is 20.3 Å². The highest BCUT2D eigenvalue weighted by atomic mass is 19.4. The molecule has 2 N–H and O–H groups in total. The third-order valence-electron chi connectivity index (χ3n) is 2.61. The fraction of sp³-hybridized carbons (Fsp3) is 0.467. The number of hydrogen-bond donors (Lipinski definition) is 1. The quantitative estimate of drug-likeness (QED) is 0.649. The van der Waals surface area contributed by atoms with Crippen molar-refractivity contribution in [1.29, 1.82) is 0 Å². The van der Waals surface area contributed by atoms with Gasteiger partial charge < -0.3 is 15.2 Å². The van der Waals surface area contributed by atoms with E-state index in [1.807, 2.05) is 0 Å². The lowest BCUT2D eigenvalue weighted by molar-refractivity contribution is -0.138. The molecule has 6 heteroatoms. The molecule has 21 heavy (non-hydrogen) atoms. The van der Waals surface area contributed by atoms with Crippen molar-refractivity contribution in [3.8, 4) is 17.6 Å². The normalized spacial score (nSPS) is 10.9. The summed E-state index contributed by atoms with van der Waals surface area (Å²) in [6, 6.07) is 5.32. The van der Waals surface area contributed by atoms with Crippen molar-refractivity contribution >= 4 is 0 Å². The van der Waals surface area contributed by atoms with Gasteiger partial charge in [-0.2, -0.15) is 13.2 Å². The molecule has 0 saturated heterocycles. The maximum atomic E-state index is 12.0. The van der Waals surface area contributed by atoms with Crippen LogP contribution >= 0.6 is 0 Å². The highest BCUT2D eigenvalue weighted by molar-refractivity contribution is 5.48. The van der Waals surface area contributed by atoms with Crippen LogP contribution in [0.4, 0.5) is 13.2 Å². The van der Waals surface area contributed by atoms with Crippen molar-refractivity contribution in [3.05, 3.63) is 29.3 Å². The number of alkyl halides is 3. The van der Waals surface area contributed by atoms with Crippen molar-refractivity contribution in [1.82, 2.24) is 0 Å². The topological polar surface area (TPSA) is 44.5 Å². The Labute approximate surface area is 122 Å². The Kier molecular flexibility index (Phi) is 7.06. The van der Waals surface area contributed by atoms with Crippen LogP contribution in [0, 0.1) is 11.8 Å². The molecule has 0 bridgehead atoms. The maximum Gasteiger partial charge on any atom is 0.389 e. The Balaban J connectivity index is 2.52. The van der Waals surface area contributed by atoms with E-state index in [4.69, 9.17) is 15.2 Å². The summed E-state index contributed by atoms with van der Waals surface area (Å²) in [5, 5.41) is 0. The molecule has 0 amide bonds. The van der Waals surface area contributed by atoms with E-state index in [2.05, 4.69) is 11.8 Å². The number of halogens is 3. The summed E-state index contributed by atoms with van der Waals surface area (Å²) in [5.74, 6) is 6.23. The number of ether oxygens (including phenoxy) is 2. The minimum Gasteiger partial charge on any atom is -0.495 e. The first kappa shape index (κ1) is 17.3. The molecular formula is C15H18F3NO2. The summed E-state index contributed by atoms with van der Waals surface area (Å²) in [4.78, 5) is 0. The average molecular weight is 301 g/mol. The summed E-state index contributed by atoms with van der Waals surface area (Å²) in [6.07, 6.45) is -5.00. The molecule has 3 nitrogen and oxygen atoms in total. The molecule has 1 aromatic rings. The van der Waals surface area contributed by atoms with Gasteiger partial charge in [0, 0.05) is 13.0 Å². The van der Waals surface area contributed by atoms with Gasteiger partial charge in [0.2, 0.25) is 0 Å². The first-order chi connectivity index (χ1) is 9.96. The molecular weight excluding hydrogens is 283 g/mol. The number of rotatable bonds is 6. The lowest BCUT2D eigenvalue weighted by Gasteiger charge is -2.09. The van der Waals surface area contributed by atoms with E-state index in [1.54, 1.807) is 18.2 Å². The number of hydrogen-bond acceptors (Lipinski definition) is 3. The second-order valence-corrected chi connectivity index (χ2v) is 4.31. The fourth-order valence-electron chi connectivity index (χ4n) is 1.65. The second-order valence-electron chi connectivity index (χ2n) is 4.31. The molecule has 0 saturated carbocycles. The maximum absolute atomic E-state index is 12.0. The average Bonchev–Trinajstić information content (AvgIpc) is 2.43. The SMILES string of the molecule is COc1ccc(COCCCC(F)(F)F)cc1C#CCN. The van der Waals surface area contributed by atoms with Gasteiger partial charge in [0.1, 0.15) is 5.75 Å². The van der Waals surface area contributed by atoms with Crippen LogP contribution in [0.3, 0.4) is 0 Å². The van der Waals surface area contributed by atoms with Gasteiger partial charge in [-0.3, -0.25) is 0 Å². The zero-order valence-corrected chi connectivity index (χ0v) is 11.8. The highest BCUT2D eigenvalue weighted by Crippen LogP contribution is 2.22. The van der Waals surface area contributed by atoms with Crippen molar-refractivity contribution in [2.24, 2.45) is 5.73 Å². The van der Waals surface area contributed by atoms with E-state index >= 15 is 0 Å². The standard InChI is InChI=1S/C15H18F3NO2/c1-20-14-6-5-12(10-13(14)4-2-8-19)11-21-9-3-7-15(16,17)18/h5-6,10H,3,7-9,11,19H2,1H3. The lowest BCUT2D eigenvalue weighted by atomic mass is 10.1. The summed E-state index contributed by atoms with van der Waals surface area (Å²) < 4.78 is 46.3. The molecule has 0 unspecified atom stereocenters. The Hall–Kier alpha value is -1.71. The van der Waals surface area contributed by atoms with Crippen molar-refractivity contribution in [3.63, 3.8) is 0 Å². The number of nitrogens with two attached hydrogens (primary N) is 1. The van der Waals surface area contributed by atoms with Crippen LogP contribution in [0.15, 0.2) is 18.2 Å². The molecule has 0 heterocycles. The zero-order chi connectivity index (χ0) is 15.7. The van der Waals surface area contributed by atoms with E-state index in [0.717, 1.165) is 5.56 Å². The summed E-state index contributed by atoms with van der Waals surface area (Å²) in [7, 11) is 1.54. The third-order valence-corrected chi connectivity index (χ3v) is 2.61. The zero-order valence-electron chi connectivity index (χ0n) is 11.8. The van der Waals surface area contributed by atoms with Crippen molar-refractivity contribution in [2.45, 2.75) is 25.6 Å². The van der Waals surface area contributed by atoms with E-state index in [0.29, 0.717) is 11.3 Å². The summed E-state index contributed by atoms with van der Waals surface area (Å²) in [5.41, 5.74) is 6.83. The predicted octanol–water partition coefficient (Wildman–Crippen LogP) is 2.86. The van der Waals surface area contributed by atoms with Crippen LogP contribution in [0.2, 0.25) is 0 Å². The lowest BCUT2D eigenvalue weighted by Crippen LogP contribution is -2.08. The van der Waals surface area contributed by atoms with Gasteiger partial charge >= 0.3 is 6.18 Å². The number of methoxy groups -OCH3 is 1. The highest BCUT2D eigenvalue weighted by Gasteiger charge is 2.25. The minimum absolute atomic E-state index is 0.0422. The first-order valence-corrected chi connectivity index (χ1v) is 6.46. The molecule has 0 aliphatic carbocycles. The Morgan fingerprint density at radius 2 is 2.05 bits per heavy atom. The molecule has 0 fully saturated rings. The van der Waals surface area contributed by atoms with Crippen molar-refractivity contribution < 1.29 is 22.6 Å². The number of benzene rings is 1. The van der Waals surface area contributed by atoms with Crippen LogP contribution < -0.4 is 10.5 Å². The monoisotopic (exact) mass is 301 g/mol. The van der Waals surface area contributed by atoms with Crippen LogP contribution in [0.5, 0.6) is 5.75 Å². The third kappa shape index (κ3) is 7.02. The second kappa shape index (κ2) is 8.55. The molecule has 0 atom stereocenters. The Morgan fingerprint density at radius 3 is 2.67 bits per heavy atom.